The number of hydrogen-bond acceptors (Lipinski definition) is 4. The lowest BCUT2D eigenvalue weighted by Gasteiger charge is -2.43. The molecule has 4 heterocycles. The second kappa shape index (κ2) is 6.95. The first-order valence-electron chi connectivity index (χ1n) is 9.40. The van der Waals surface area contributed by atoms with E-state index in [0.29, 0.717) is 22.8 Å². The molecule has 3 aliphatic heterocycles. The zero-order chi connectivity index (χ0) is 20.1. The van der Waals surface area contributed by atoms with Crippen LogP contribution < -0.4 is 4.74 Å². The van der Waals surface area contributed by atoms with Crippen LogP contribution >= 0.6 is 0 Å². The summed E-state index contributed by atoms with van der Waals surface area (Å²) in [6.45, 7) is 4.62. The van der Waals surface area contributed by atoms with E-state index in [-0.39, 0.29) is 23.2 Å². The largest absolute Gasteiger partial charge is 0.496 e. The number of Topliss-reactive ketones (excluding diaryl/α,β-unsaturated/α-hetero) is 1. The highest BCUT2D eigenvalue weighted by molar-refractivity contribution is 5.97. The summed E-state index contributed by atoms with van der Waals surface area (Å²) in [5, 5.41) is 0. The van der Waals surface area contributed by atoms with E-state index in [0.717, 1.165) is 44.6 Å². The van der Waals surface area contributed by atoms with E-state index in [1.54, 1.807) is 13.0 Å². The Balaban J connectivity index is 1.66. The molecule has 0 saturated carbocycles. The third-order valence-corrected chi connectivity index (χ3v) is 5.93. The number of carbonyl (C=O) groups is 1. The average molecular weight is 393 g/mol. The molecule has 1 atom stereocenters. The number of ketones is 1. The third kappa shape index (κ3) is 3.32. The Morgan fingerprint density at radius 1 is 1.21 bits per heavy atom. The van der Waals surface area contributed by atoms with Crippen molar-refractivity contribution in [1.82, 2.24) is 4.90 Å². The van der Waals surface area contributed by atoms with Gasteiger partial charge in [0.1, 0.15) is 11.5 Å². The number of alkyl halides is 3. The molecule has 1 aromatic carbocycles. The monoisotopic (exact) mass is 393 g/mol. The first-order valence-corrected chi connectivity index (χ1v) is 9.40. The molecule has 0 radical (unpaired) electrons. The second-order valence-electron chi connectivity index (χ2n) is 7.64. The summed E-state index contributed by atoms with van der Waals surface area (Å²) < 4.78 is 50.0. The van der Waals surface area contributed by atoms with Crippen molar-refractivity contribution in [2.24, 2.45) is 11.8 Å². The quantitative estimate of drug-likeness (QED) is 0.700. The Labute approximate surface area is 161 Å². The molecule has 5 rings (SSSR count). The van der Waals surface area contributed by atoms with E-state index in [1.807, 2.05) is 0 Å². The van der Waals surface area contributed by atoms with Crippen molar-refractivity contribution >= 4 is 5.78 Å². The van der Waals surface area contributed by atoms with Crippen molar-refractivity contribution in [2.45, 2.75) is 25.9 Å². The zero-order valence-electron chi connectivity index (χ0n) is 15.8. The molecular formula is C21H22F3NO3. The molecule has 28 heavy (non-hydrogen) atoms. The Morgan fingerprint density at radius 2 is 1.93 bits per heavy atom. The number of piperidine rings is 3. The highest BCUT2D eigenvalue weighted by Gasteiger charge is 2.40. The van der Waals surface area contributed by atoms with E-state index in [2.05, 4.69) is 4.90 Å². The Morgan fingerprint density at radius 3 is 2.50 bits per heavy atom. The number of aryl methyl sites for hydroxylation is 1. The van der Waals surface area contributed by atoms with Crippen LogP contribution in [0.1, 0.15) is 34.5 Å². The van der Waals surface area contributed by atoms with Gasteiger partial charge < -0.3 is 14.1 Å². The van der Waals surface area contributed by atoms with Gasteiger partial charge in [0, 0.05) is 12.5 Å². The van der Waals surface area contributed by atoms with Crippen LogP contribution in [0.2, 0.25) is 0 Å². The number of nitrogens with zero attached hydrogens (tertiary/aromatic N) is 1. The van der Waals surface area contributed by atoms with Gasteiger partial charge in [0.05, 0.1) is 18.2 Å². The molecule has 3 saturated heterocycles. The summed E-state index contributed by atoms with van der Waals surface area (Å²) in [6, 6.07) is 4.96. The van der Waals surface area contributed by atoms with Gasteiger partial charge in [0.25, 0.3) is 0 Å². The fourth-order valence-corrected chi connectivity index (χ4v) is 4.37. The average Bonchev–Trinajstić information content (AvgIpc) is 3.08. The van der Waals surface area contributed by atoms with Crippen molar-refractivity contribution in [2.75, 3.05) is 26.7 Å². The van der Waals surface area contributed by atoms with Crippen LogP contribution in [0.3, 0.4) is 0 Å². The molecule has 1 aromatic heterocycles. The summed E-state index contributed by atoms with van der Waals surface area (Å²) >= 11 is 0. The second-order valence-corrected chi connectivity index (χ2v) is 7.64. The number of benzene rings is 1. The molecule has 150 valence electrons. The Kier molecular flexibility index (Phi) is 4.73. The zero-order valence-corrected chi connectivity index (χ0v) is 15.8. The fraction of sp³-hybridized carbons (Fsp3) is 0.476. The van der Waals surface area contributed by atoms with E-state index < -0.39 is 11.7 Å². The van der Waals surface area contributed by atoms with E-state index >= 15 is 0 Å². The third-order valence-electron chi connectivity index (χ3n) is 5.93. The van der Waals surface area contributed by atoms with Crippen molar-refractivity contribution < 1.29 is 27.1 Å². The van der Waals surface area contributed by atoms with Gasteiger partial charge in [-0.3, -0.25) is 4.79 Å². The topological polar surface area (TPSA) is 42.7 Å². The molecule has 1 unspecified atom stereocenters. The van der Waals surface area contributed by atoms with E-state index in [4.69, 9.17) is 9.15 Å². The number of carbonyl (C=O) groups excluding carboxylic acids is 1. The molecule has 3 aliphatic rings. The van der Waals surface area contributed by atoms with Crippen molar-refractivity contribution in [1.29, 1.82) is 0 Å². The number of rotatable bonds is 4. The van der Waals surface area contributed by atoms with E-state index in [1.165, 1.54) is 13.2 Å². The van der Waals surface area contributed by atoms with Crippen LogP contribution in [0.25, 0.3) is 11.3 Å². The van der Waals surface area contributed by atoms with Gasteiger partial charge >= 0.3 is 6.18 Å². The van der Waals surface area contributed by atoms with Crippen LogP contribution in [-0.2, 0) is 6.18 Å². The molecule has 4 nitrogen and oxygen atoms in total. The SMILES string of the molecule is COc1cc(C(F)(F)F)ccc1-c1oc(C(=O)C2CN3CCC2CC3)cc1C. The number of hydrogen-bond donors (Lipinski definition) is 0. The van der Waals surface area contributed by atoms with Gasteiger partial charge in [-0.1, -0.05) is 0 Å². The fourth-order valence-electron chi connectivity index (χ4n) is 4.37. The minimum absolute atomic E-state index is 0.0189. The minimum Gasteiger partial charge on any atom is -0.496 e. The molecule has 0 aliphatic carbocycles. The molecule has 3 fully saturated rings. The van der Waals surface area contributed by atoms with Crippen LogP contribution in [0.15, 0.2) is 28.7 Å². The molecule has 0 N–H and O–H groups in total. The lowest BCUT2D eigenvalue weighted by molar-refractivity contribution is -0.137. The summed E-state index contributed by atoms with van der Waals surface area (Å²) in [6.07, 6.45) is -2.41. The maximum atomic E-state index is 13.0. The van der Waals surface area contributed by atoms with Crippen molar-refractivity contribution in [3.05, 3.63) is 41.2 Å². The van der Waals surface area contributed by atoms with Gasteiger partial charge in [0.2, 0.25) is 5.78 Å². The molecule has 2 aromatic rings. The Hall–Kier alpha value is -2.28. The van der Waals surface area contributed by atoms with Crippen LogP contribution in [0, 0.1) is 18.8 Å². The summed E-state index contributed by atoms with van der Waals surface area (Å²) in [4.78, 5) is 15.3. The lowest BCUT2D eigenvalue weighted by Crippen LogP contribution is -2.50. The van der Waals surface area contributed by atoms with Gasteiger partial charge in [-0.15, -0.1) is 0 Å². The summed E-state index contributed by atoms with van der Waals surface area (Å²) in [5.41, 5.74) is 0.310. The maximum absolute atomic E-state index is 13.0. The maximum Gasteiger partial charge on any atom is 0.416 e. The molecular weight excluding hydrogens is 371 g/mol. The first-order chi connectivity index (χ1) is 13.3. The molecule has 0 amide bonds. The van der Waals surface area contributed by atoms with E-state index in [9.17, 15) is 18.0 Å². The number of methoxy groups -OCH3 is 1. The Bertz CT molecular complexity index is 895. The van der Waals surface area contributed by atoms with Gasteiger partial charge in [-0.2, -0.15) is 13.2 Å². The highest BCUT2D eigenvalue weighted by Crippen LogP contribution is 2.40. The van der Waals surface area contributed by atoms with Gasteiger partial charge in [-0.25, -0.2) is 0 Å². The molecule has 0 spiro atoms. The number of ether oxygens (including phenoxy) is 1. The van der Waals surface area contributed by atoms with Crippen LogP contribution in [-0.4, -0.2) is 37.4 Å². The number of halogens is 3. The predicted octanol–water partition coefficient (Wildman–Crippen LogP) is 4.81. The standard InChI is InChI=1S/C21H22F3NO3/c1-12-9-18(19(26)16-11-25-7-5-13(16)6-8-25)28-20(12)15-4-3-14(21(22,23)24)10-17(15)27-2/h3-4,9-10,13,16H,5-8,11H2,1-2H3. The number of fused-ring (bicyclic) bond motifs is 3. The predicted molar refractivity (Wildman–Crippen MR) is 97.4 cm³/mol. The lowest BCUT2D eigenvalue weighted by atomic mass is 9.76. The highest BCUT2D eigenvalue weighted by atomic mass is 19.4. The van der Waals surface area contributed by atoms with Gasteiger partial charge in [-0.05, 0) is 68.6 Å². The smallest absolute Gasteiger partial charge is 0.416 e. The number of furan rings is 1. The molecule has 7 heteroatoms. The minimum atomic E-state index is -4.46. The van der Waals surface area contributed by atoms with Gasteiger partial charge in [0.15, 0.2) is 5.76 Å². The van der Waals surface area contributed by atoms with Crippen LogP contribution in [0.5, 0.6) is 5.75 Å². The normalized spacial score (nSPS) is 24.4. The molecule has 2 bridgehead atoms. The summed E-state index contributed by atoms with van der Waals surface area (Å²) in [7, 11) is 1.32. The first kappa shape index (κ1) is 19.1. The summed E-state index contributed by atoms with van der Waals surface area (Å²) in [5.74, 6) is 0.995. The van der Waals surface area contributed by atoms with Crippen molar-refractivity contribution in [3.63, 3.8) is 0 Å². The van der Waals surface area contributed by atoms with Crippen LogP contribution in [0.4, 0.5) is 13.2 Å². The van der Waals surface area contributed by atoms with Crippen molar-refractivity contribution in [3.8, 4) is 17.1 Å².